The molecule has 0 radical (unpaired) electrons. The number of likely N-dealkylation sites (tertiary alicyclic amines) is 1. The maximum absolute atomic E-state index is 12.4. The molecular weight excluding hydrogens is 228 g/mol. The maximum atomic E-state index is 12.4. The fourth-order valence-corrected chi connectivity index (χ4v) is 2.79. The van der Waals surface area contributed by atoms with Crippen molar-refractivity contribution in [3.63, 3.8) is 0 Å². The van der Waals surface area contributed by atoms with Crippen molar-refractivity contribution in [1.29, 1.82) is 0 Å². The number of hydrogen-bond acceptors (Lipinski definition) is 3. The second kappa shape index (κ2) is 4.61. The second-order valence-corrected chi connectivity index (χ2v) is 4.99. The molecule has 1 saturated heterocycles. The van der Waals surface area contributed by atoms with E-state index in [0.717, 1.165) is 31.6 Å². The van der Waals surface area contributed by atoms with E-state index in [-0.39, 0.29) is 18.1 Å². The van der Waals surface area contributed by atoms with Crippen LogP contribution in [0, 0.1) is 0 Å². The molecule has 0 spiro atoms. The molecule has 18 heavy (non-hydrogen) atoms. The number of carbonyl (C=O) groups excluding carboxylic acids is 1. The van der Waals surface area contributed by atoms with Gasteiger partial charge in [0.1, 0.15) is 6.04 Å². The summed E-state index contributed by atoms with van der Waals surface area (Å²) in [6.07, 6.45) is 1.95. The van der Waals surface area contributed by atoms with Crippen molar-refractivity contribution < 1.29 is 9.53 Å². The largest absolute Gasteiger partial charge is 0.380 e. The van der Waals surface area contributed by atoms with Gasteiger partial charge in [0.25, 0.3) is 0 Å². The number of nitrogens with one attached hydrogen (secondary N) is 1. The molecule has 1 amide bonds. The van der Waals surface area contributed by atoms with Crippen LogP contribution in [-0.2, 0) is 16.0 Å². The lowest BCUT2D eigenvalue weighted by molar-refractivity contribution is -0.131. The molecule has 4 heteroatoms. The van der Waals surface area contributed by atoms with Gasteiger partial charge in [-0.15, -0.1) is 0 Å². The highest BCUT2D eigenvalue weighted by Crippen LogP contribution is 2.27. The van der Waals surface area contributed by atoms with Crippen LogP contribution in [0.4, 0.5) is 5.69 Å². The van der Waals surface area contributed by atoms with E-state index in [9.17, 15) is 4.79 Å². The van der Waals surface area contributed by atoms with Gasteiger partial charge in [-0.2, -0.15) is 0 Å². The van der Waals surface area contributed by atoms with Crippen molar-refractivity contribution in [2.24, 2.45) is 0 Å². The molecule has 2 aliphatic heterocycles. The molecule has 4 nitrogen and oxygen atoms in total. The number of methoxy groups -OCH3 is 1. The fourth-order valence-electron chi connectivity index (χ4n) is 2.79. The van der Waals surface area contributed by atoms with Crippen LogP contribution >= 0.6 is 0 Å². The third-order valence-electron chi connectivity index (χ3n) is 3.86. The Morgan fingerprint density at radius 3 is 3.00 bits per heavy atom. The zero-order chi connectivity index (χ0) is 12.5. The first kappa shape index (κ1) is 11.5. The zero-order valence-corrected chi connectivity index (χ0v) is 10.6. The van der Waals surface area contributed by atoms with Crippen LogP contribution < -0.4 is 5.32 Å². The fraction of sp³-hybridized carbons (Fsp3) is 0.500. The SMILES string of the molecule is COC1CCN(C(=O)C2Cc3ccccc3N2)C1. The summed E-state index contributed by atoms with van der Waals surface area (Å²) in [6.45, 7) is 1.54. The number of carbonyl (C=O) groups is 1. The van der Waals surface area contributed by atoms with Gasteiger partial charge in [0.05, 0.1) is 6.10 Å². The number of fused-ring (bicyclic) bond motifs is 1. The van der Waals surface area contributed by atoms with Crippen molar-refractivity contribution in [2.75, 3.05) is 25.5 Å². The monoisotopic (exact) mass is 246 g/mol. The Kier molecular flexibility index (Phi) is 2.96. The zero-order valence-electron chi connectivity index (χ0n) is 10.6. The van der Waals surface area contributed by atoms with Gasteiger partial charge < -0.3 is 15.0 Å². The van der Waals surface area contributed by atoms with E-state index in [2.05, 4.69) is 11.4 Å². The van der Waals surface area contributed by atoms with Gasteiger partial charge in [-0.05, 0) is 18.1 Å². The van der Waals surface area contributed by atoms with Crippen LogP contribution in [0.1, 0.15) is 12.0 Å². The highest BCUT2D eigenvalue weighted by Gasteiger charge is 2.33. The van der Waals surface area contributed by atoms with Crippen molar-refractivity contribution in [3.8, 4) is 0 Å². The lowest BCUT2D eigenvalue weighted by Crippen LogP contribution is -2.41. The van der Waals surface area contributed by atoms with Crippen LogP contribution in [0.3, 0.4) is 0 Å². The molecule has 2 unspecified atom stereocenters. The Labute approximate surface area is 107 Å². The number of amides is 1. The summed E-state index contributed by atoms with van der Waals surface area (Å²) >= 11 is 0. The normalized spacial score (nSPS) is 25.9. The summed E-state index contributed by atoms with van der Waals surface area (Å²) in [6, 6.07) is 8.03. The summed E-state index contributed by atoms with van der Waals surface area (Å²) < 4.78 is 5.30. The lowest BCUT2D eigenvalue weighted by Gasteiger charge is -2.20. The van der Waals surface area contributed by atoms with Crippen LogP contribution in [0.25, 0.3) is 0 Å². The van der Waals surface area contributed by atoms with Crippen molar-refractivity contribution in [1.82, 2.24) is 4.90 Å². The average molecular weight is 246 g/mol. The lowest BCUT2D eigenvalue weighted by atomic mass is 10.1. The predicted molar refractivity (Wildman–Crippen MR) is 69.6 cm³/mol. The summed E-state index contributed by atoms with van der Waals surface area (Å²) in [5, 5.41) is 3.31. The number of anilines is 1. The van der Waals surface area contributed by atoms with Gasteiger partial charge in [-0.3, -0.25) is 4.79 Å². The molecule has 1 aromatic carbocycles. The molecule has 0 aromatic heterocycles. The quantitative estimate of drug-likeness (QED) is 0.854. The molecule has 2 atom stereocenters. The van der Waals surface area contributed by atoms with Crippen molar-refractivity contribution in [3.05, 3.63) is 29.8 Å². The van der Waals surface area contributed by atoms with E-state index in [1.54, 1.807) is 7.11 Å². The van der Waals surface area contributed by atoms with E-state index in [4.69, 9.17) is 4.74 Å². The predicted octanol–water partition coefficient (Wildman–Crippen LogP) is 1.27. The summed E-state index contributed by atoms with van der Waals surface area (Å²) in [7, 11) is 1.71. The third kappa shape index (κ3) is 1.97. The minimum absolute atomic E-state index is 0.0991. The molecule has 96 valence electrons. The Morgan fingerprint density at radius 1 is 1.44 bits per heavy atom. The third-order valence-corrected chi connectivity index (χ3v) is 3.86. The Balaban J connectivity index is 1.66. The summed E-state index contributed by atoms with van der Waals surface area (Å²) in [4.78, 5) is 14.3. The number of ether oxygens (including phenoxy) is 1. The smallest absolute Gasteiger partial charge is 0.245 e. The van der Waals surface area contributed by atoms with Crippen LogP contribution in [0.2, 0.25) is 0 Å². The Hall–Kier alpha value is -1.55. The Morgan fingerprint density at radius 2 is 2.28 bits per heavy atom. The van der Waals surface area contributed by atoms with E-state index >= 15 is 0 Å². The molecule has 2 heterocycles. The molecule has 1 N–H and O–H groups in total. The average Bonchev–Trinajstić information content (AvgIpc) is 3.04. The first-order valence-corrected chi connectivity index (χ1v) is 6.44. The standard InChI is InChI=1S/C14H18N2O2/c1-18-11-6-7-16(9-11)14(17)13-8-10-4-2-3-5-12(10)15-13/h2-5,11,13,15H,6-9H2,1H3. The molecule has 1 fully saturated rings. The van der Waals surface area contributed by atoms with Crippen LogP contribution in [0.15, 0.2) is 24.3 Å². The number of benzene rings is 1. The van der Waals surface area contributed by atoms with E-state index in [0.29, 0.717) is 0 Å². The van der Waals surface area contributed by atoms with E-state index in [1.165, 1.54) is 5.56 Å². The topological polar surface area (TPSA) is 41.6 Å². The summed E-state index contributed by atoms with van der Waals surface area (Å²) in [5.74, 6) is 0.200. The van der Waals surface area contributed by atoms with Gasteiger partial charge in [0.15, 0.2) is 0 Å². The highest BCUT2D eigenvalue weighted by atomic mass is 16.5. The number of nitrogens with zero attached hydrogens (tertiary/aromatic N) is 1. The Bertz CT molecular complexity index is 436. The number of hydrogen-bond donors (Lipinski definition) is 1. The van der Waals surface area contributed by atoms with Gasteiger partial charge >= 0.3 is 0 Å². The number of rotatable bonds is 2. The second-order valence-electron chi connectivity index (χ2n) is 4.99. The first-order chi connectivity index (χ1) is 8.78. The number of para-hydroxylation sites is 1. The van der Waals surface area contributed by atoms with Gasteiger partial charge in [0.2, 0.25) is 5.91 Å². The molecular formula is C14H18N2O2. The van der Waals surface area contributed by atoms with E-state index in [1.807, 2.05) is 23.1 Å². The minimum atomic E-state index is -0.0991. The minimum Gasteiger partial charge on any atom is -0.380 e. The molecule has 2 aliphatic rings. The summed E-state index contributed by atoms with van der Waals surface area (Å²) in [5.41, 5.74) is 2.33. The van der Waals surface area contributed by atoms with Crippen molar-refractivity contribution >= 4 is 11.6 Å². The highest BCUT2D eigenvalue weighted by molar-refractivity contribution is 5.87. The van der Waals surface area contributed by atoms with Gasteiger partial charge in [0, 0.05) is 32.3 Å². The molecule has 0 bridgehead atoms. The van der Waals surface area contributed by atoms with Crippen molar-refractivity contribution in [2.45, 2.75) is 25.0 Å². The molecule has 1 aromatic rings. The molecule has 3 rings (SSSR count). The van der Waals surface area contributed by atoms with E-state index < -0.39 is 0 Å². The maximum Gasteiger partial charge on any atom is 0.245 e. The van der Waals surface area contributed by atoms with Crippen LogP contribution in [-0.4, -0.2) is 43.2 Å². The molecule has 0 aliphatic carbocycles. The first-order valence-electron chi connectivity index (χ1n) is 6.44. The van der Waals surface area contributed by atoms with Crippen LogP contribution in [0.5, 0.6) is 0 Å². The van der Waals surface area contributed by atoms with Gasteiger partial charge in [-0.1, -0.05) is 18.2 Å². The van der Waals surface area contributed by atoms with Gasteiger partial charge in [-0.25, -0.2) is 0 Å². The molecule has 0 saturated carbocycles.